The molecule has 0 radical (unpaired) electrons. The number of phenolic OH excluding ortho intramolecular Hbond substituents is 1. The summed E-state index contributed by atoms with van der Waals surface area (Å²) in [5.41, 5.74) is 4.46. The van der Waals surface area contributed by atoms with Crippen LogP contribution < -0.4 is 0 Å². The quantitative estimate of drug-likeness (QED) is 0.371. The second kappa shape index (κ2) is 11.8. The molecule has 4 heteroatoms. The summed E-state index contributed by atoms with van der Waals surface area (Å²) < 4.78 is 0. The Morgan fingerprint density at radius 1 is 0.607 bits per heavy atom. The Morgan fingerprint density at radius 3 is 1.50 bits per heavy atom. The standard InChI is InChI=1S/C18H15N2.C6H6O.Pt/c1-3-10-19-17(8-1)13-15-6-5-7-16(12-15)14-18-9-2-4-11-20-18;7-6-4-2-1-3-5-6;/h1-11H,13-14H2;1-5,7H;/q-1;;. The van der Waals surface area contributed by atoms with E-state index in [2.05, 4.69) is 34.2 Å². The summed E-state index contributed by atoms with van der Waals surface area (Å²) in [5, 5.41) is 8.63. The number of hydrogen-bond acceptors (Lipinski definition) is 3. The van der Waals surface area contributed by atoms with Gasteiger partial charge in [0, 0.05) is 44.8 Å². The molecular weight excluding hydrogens is 527 g/mol. The predicted molar refractivity (Wildman–Crippen MR) is 107 cm³/mol. The molecule has 0 aliphatic carbocycles. The summed E-state index contributed by atoms with van der Waals surface area (Å²) in [7, 11) is 0. The smallest absolute Gasteiger partial charge is 0.115 e. The number of hydrogen-bond donors (Lipinski definition) is 1. The monoisotopic (exact) mass is 548 g/mol. The van der Waals surface area contributed by atoms with Gasteiger partial charge in [0.05, 0.1) is 0 Å². The number of phenols is 1. The molecule has 0 fully saturated rings. The first-order valence-corrected chi connectivity index (χ1v) is 8.83. The van der Waals surface area contributed by atoms with Gasteiger partial charge in [-0.2, -0.15) is 35.4 Å². The molecule has 0 spiro atoms. The first kappa shape index (κ1) is 21.5. The molecule has 28 heavy (non-hydrogen) atoms. The molecule has 0 saturated heterocycles. The molecule has 0 amide bonds. The van der Waals surface area contributed by atoms with Gasteiger partial charge in [-0.3, -0.25) is 9.97 Å². The minimum Gasteiger partial charge on any atom is -0.508 e. The maximum Gasteiger partial charge on any atom is 0.115 e. The Balaban J connectivity index is 0.000000298. The van der Waals surface area contributed by atoms with Crippen molar-refractivity contribution >= 4 is 0 Å². The molecule has 1 N–H and O–H groups in total. The Labute approximate surface area is 180 Å². The third-order valence-electron chi connectivity index (χ3n) is 3.87. The van der Waals surface area contributed by atoms with Gasteiger partial charge in [0.15, 0.2) is 0 Å². The van der Waals surface area contributed by atoms with E-state index in [1.54, 1.807) is 24.3 Å². The van der Waals surface area contributed by atoms with Crippen molar-refractivity contribution in [1.82, 2.24) is 9.97 Å². The molecule has 0 aliphatic rings. The van der Waals surface area contributed by atoms with E-state index in [0.717, 1.165) is 35.4 Å². The van der Waals surface area contributed by atoms with Crippen molar-refractivity contribution in [3.63, 3.8) is 0 Å². The van der Waals surface area contributed by atoms with E-state index >= 15 is 0 Å². The van der Waals surface area contributed by atoms with Gasteiger partial charge in [0.2, 0.25) is 0 Å². The van der Waals surface area contributed by atoms with E-state index in [4.69, 9.17) is 5.11 Å². The first-order valence-electron chi connectivity index (χ1n) is 8.83. The fourth-order valence-electron chi connectivity index (χ4n) is 2.60. The molecule has 0 bridgehead atoms. The van der Waals surface area contributed by atoms with Crippen LogP contribution in [-0.4, -0.2) is 15.1 Å². The number of para-hydroxylation sites is 1. The van der Waals surface area contributed by atoms with Crippen LogP contribution in [0.3, 0.4) is 0 Å². The average molecular weight is 549 g/mol. The van der Waals surface area contributed by atoms with Crippen LogP contribution in [0.25, 0.3) is 0 Å². The van der Waals surface area contributed by atoms with Gasteiger partial charge in [0.1, 0.15) is 5.75 Å². The maximum atomic E-state index is 8.63. The molecule has 144 valence electrons. The summed E-state index contributed by atoms with van der Waals surface area (Å²) in [6.07, 6.45) is 5.29. The van der Waals surface area contributed by atoms with E-state index < -0.39 is 0 Å². The zero-order valence-electron chi connectivity index (χ0n) is 15.3. The number of nitrogens with zero attached hydrogens (tertiary/aromatic N) is 2. The number of rotatable bonds is 4. The van der Waals surface area contributed by atoms with Gasteiger partial charge in [-0.05, 0) is 49.2 Å². The van der Waals surface area contributed by atoms with E-state index in [1.165, 1.54) is 0 Å². The Bertz CT molecular complexity index is 875. The molecule has 0 saturated carbocycles. The van der Waals surface area contributed by atoms with E-state index in [1.807, 2.05) is 54.9 Å². The zero-order chi connectivity index (χ0) is 18.7. The molecule has 0 aliphatic heterocycles. The largest absolute Gasteiger partial charge is 0.508 e. The molecular formula is C24H21N2OPt-. The van der Waals surface area contributed by atoms with Crippen LogP contribution in [0.4, 0.5) is 0 Å². The second-order valence-electron chi connectivity index (χ2n) is 6.03. The van der Waals surface area contributed by atoms with E-state index in [9.17, 15) is 0 Å². The maximum absolute atomic E-state index is 8.63. The van der Waals surface area contributed by atoms with Crippen molar-refractivity contribution in [1.29, 1.82) is 0 Å². The van der Waals surface area contributed by atoms with Crippen molar-refractivity contribution in [2.24, 2.45) is 0 Å². The third-order valence-corrected chi connectivity index (χ3v) is 3.87. The van der Waals surface area contributed by atoms with E-state index in [0.29, 0.717) is 5.75 Å². The Kier molecular flexibility index (Phi) is 9.10. The number of pyridine rings is 2. The normalized spacial score (nSPS) is 9.57. The van der Waals surface area contributed by atoms with Crippen LogP contribution in [0.5, 0.6) is 5.75 Å². The Hall–Kier alpha value is -2.77. The SMILES string of the molecule is Oc1ccccc1.[Pt].[c-]1c(Cc2ccccn2)cccc1Cc1ccccn1. The summed E-state index contributed by atoms with van der Waals surface area (Å²) in [6.45, 7) is 0. The van der Waals surface area contributed by atoms with Crippen LogP contribution in [0.15, 0.2) is 97.3 Å². The summed E-state index contributed by atoms with van der Waals surface area (Å²) in [5.74, 6) is 0.322. The minimum absolute atomic E-state index is 0. The molecule has 4 rings (SSSR count). The number of benzene rings is 2. The van der Waals surface area contributed by atoms with Crippen LogP contribution in [-0.2, 0) is 33.9 Å². The van der Waals surface area contributed by atoms with Gasteiger partial charge in [-0.1, -0.05) is 30.3 Å². The van der Waals surface area contributed by atoms with Crippen molar-refractivity contribution in [3.05, 3.63) is 126 Å². The molecule has 4 aromatic rings. The minimum atomic E-state index is 0. The molecule has 3 nitrogen and oxygen atoms in total. The van der Waals surface area contributed by atoms with Gasteiger partial charge in [0.25, 0.3) is 0 Å². The predicted octanol–water partition coefficient (Wildman–Crippen LogP) is 4.85. The fraction of sp³-hybridized carbons (Fsp3) is 0.0833. The topological polar surface area (TPSA) is 46.0 Å². The Morgan fingerprint density at radius 2 is 1.11 bits per heavy atom. The van der Waals surface area contributed by atoms with Gasteiger partial charge in [-0.25, -0.2) is 0 Å². The van der Waals surface area contributed by atoms with Crippen LogP contribution in [0, 0.1) is 6.07 Å². The molecule has 2 aromatic heterocycles. The van der Waals surface area contributed by atoms with Crippen molar-refractivity contribution in [3.8, 4) is 5.75 Å². The summed E-state index contributed by atoms with van der Waals surface area (Å²) >= 11 is 0. The van der Waals surface area contributed by atoms with Crippen LogP contribution in [0.1, 0.15) is 22.5 Å². The summed E-state index contributed by atoms with van der Waals surface area (Å²) in [4.78, 5) is 8.71. The number of aromatic hydroxyl groups is 1. The van der Waals surface area contributed by atoms with Crippen LogP contribution in [0.2, 0.25) is 0 Å². The average Bonchev–Trinajstić information content (AvgIpc) is 2.71. The molecule has 0 unspecified atom stereocenters. The molecule has 2 aromatic carbocycles. The van der Waals surface area contributed by atoms with Crippen LogP contribution >= 0.6 is 0 Å². The zero-order valence-corrected chi connectivity index (χ0v) is 17.6. The number of aromatic nitrogens is 2. The summed E-state index contributed by atoms with van der Waals surface area (Å²) in [6, 6.07) is 30.4. The van der Waals surface area contributed by atoms with Gasteiger partial charge >= 0.3 is 0 Å². The van der Waals surface area contributed by atoms with E-state index in [-0.39, 0.29) is 21.1 Å². The van der Waals surface area contributed by atoms with Gasteiger partial charge < -0.3 is 5.11 Å². The third kappa shape index (κ3) is 7.46. The van der Waals surface area contributed by atoms with Crippen molar-refractivity contribution in [2.75, 3.05) is 0 Å². The van der Waals surface area contributed by atoms with Crippen molar-refractivity contribution in [2.45, 2.75) is 12.8 Å². The van der Waals surface area contributed by atoms with Crippen molar-refractivity contribution < 1.29 is 26.2 Å². The molecule has 2 heterocycles. The molecule has 0 atom stereocenters. The first-order chi connectivity index (χ1) is 13.3. The second-order valence-corrected chi connectivity index (χ2v) is 6.03. The van der Waals surface area contributed by atoms with Gasteiger partial charge in [-0.15, -0.1) is 0 Å². The fourth-order valence-corrected chi connectivity index (χ4v) is 2.60.